The summed E-state index contributed by atoms with van der Waals surface area (Å²) < 4.78 is 38.5. The summed E-state index contributed by atoms with van der Waals surface area (Å²) in [6, 6.07) is 50.3. The fourth-order valence-corrected chi connectivity index (χ4v) is 12.7. The monoisotopic (exact) mass is 1590 g/mol. The average molecular weight is 1590 g/mol. The van der Waals surface area contributed by atoms with E-state index in [1.54, 1.807) is 80.4 Å². The molecule has 0 aliphatic heterocycles. The average Bonchev–Trinajstić information content (AvgIpc) is 0.839. The van der Waals surface area contributed by atoms with Crippen LogP contribution in [0.5, 0.6) is 11.5 Å². The topological polar surface area (TPSA) is 73.8 Å². The van der Waals surface area contributed by atoms with E-state index >= 15 is 0 Å². The number of unbranched alkanes of at least 4 members (excludes halogenated alkanes) is 10. The van der Waals surface area contributed by atoms with Gasteiger partial charge in [-0.2, -0.15) is 47.0 Å². The van der Waals surface area contributed by atoms with Crippen molar-refractivity contribution in [2.75, 3.05) is 157 Å². The fourth-order valence-electron chi connectivity index (χ4n) is 8.81. The first-order valence-electron chi connectivity index (χ1n) is 39.1. The van der Waals surface area contributed by atoms with E-state index in [0.717, 1.165) is 70.0 Å². The molecule has 6 aromatic rings. The first-order chi connectivity index (χ1) is 51.6. The molecule has 6 aromatic carbocycles. The molecule has 0 N–H and O–H groups in total. The van der Waals surface area contributed by atoms with Crippen LogP contribution in [0.3, 0.4) is 0 Å². The molecule has 0 aliphatic rings. The highest BCUT2D eigenvalue weighted by molar-refractivity contribution is 8.02. The predicted molar refractivity (Wildman–Crippen MR) is 494 cm³/mol. The summed E-state index contributed by atoms with van der Waals surface area (Å²) >= 11 is 11.3. The number of ether oxygens (including phenoxy) is 8. The van der Waals surface area contributed by atoms with Gasteiger partial charge in [0.05, 0.1) is 27.4 Å². The molecule has 0 saturated heterocycles. The lowest BCUT2D eigenvalue weighted by Crippen LogP contribution is -1.96. The molecule has 614 valence electrons. The van der Waals surface area contributed by atoms with Crippen LogP contribution in [0, 0.1) is 13.8 Å². The molecule has 14 heteroatoms. The minimum absolute atomic E-state index is 0.691. The Labute approximate surface area is 683 Å². The highest BCUT2D eigenvalue weighted by atomic mass is 32.2. The third kappa shape index (κ3) is 81.8. The van der Waals surface area contributed by atoms with Gasteiger partial charge >= 0.3 is 0 Å². The molecule has 0 aromatic heterocycles. The molecular formula is C92H162O8S6. The first kappa shape index (κ1) is 116. The number of methoxy groups -OCH3 is 8. The van der Waals surface area contributed by atoms with E-state index in [9.17, 15) is 0 Å². The van der Waals surface area contributed by atoms with E-state index in [1.165, 1.54) is 174 Å². The van der Waals surface area contributed by atoms with Crippen LogP contribution in [0.2, 0.25) is 0 Å². The van der Waals surface area contributed by atoms with Crippen LogP contribution in [0.15, 0.2) is 155 Å². The van der Waals surface area contributed by atoms with Gasteiger partial charge < -0.3 is 37.9 Å². The molecule has 0 heterocycles. The predicted octanol–water partition coefficient (Wildman–Crippen LogP) is 28.0. The van der Waals surface area contributed by atoms with E-state index < -0.39 is 0 Å². The van der Waals surface area contributed by atoms with Crippen molar-refractivity contribution in [3.8, 4) is 22.6 Å². The van der Waals surface area contributed by atoms with Gasteiger partial charge in [0.2, 0.25) is 0 Å². The Morgan fingerprint density at radius 2 is 0.500 bits per heavy atom. The van der Waals surface area contributed by atoms with Gasteiger partial charge in [0, 0.05) is 90.4 Å². The number of para-hydroxylation sites is 2. The standard InChI is InChI=1S/C14H14.2C10H14.C8H10O2.C8H10S2.C7H16.C6H14O.C6H14.C5H12O2.C5H12O.C5H12S2.C4H10O2.C4H10S2/c1-11-7-3-5-9-13(11)14-10-6-4-8-12(14)2;2*1-3-9-7-5-6-8-10(9)4-2;2*1-9-7-5-3-4-6-8(7)10-2;1-3-5-7-6-4-2;1-3-4-5-6-7-2;1-3-5-6-4-2;1-6-4-3-5-7-2;1-3-4-5-6-2;1-6-4-3-5-7-2;2*1-5-3-4-6-2/h3-10H,1-2H3;2*5-8H,3-4H2,1-2H3;2*3-6H,1-2H3;3-7H2,1-2H3;3-6H2,1-2H3;3-6H2,1-2H3;3-5H2,1-2H3;3-5H2,1-2H3;3-5H2,1-2H3;2*3-4H2,1-2H3. The van der Waals surface area contributed by atoms with E-state index in [1.807, 2.05) is 71.3 Å². The van der Waals surface area contributed by atoms with Crippen molar-refractivity contribution in [2.45, 2.75) is 221 Å². The van der Waals surface area contributed by atoms with Crippen LogP contribution in [0.1, 0.15) is 205 Å². The van der Waals surface area contributed by atoms with Crippen LogP contribution < -0.4 is 9.47 Å². The summed E-state index contributed by atoms with van der Waals surface area (Å²) in [5.74, 6) is 6.76. The van der Waals surface area contributed by atoms with Gasteiger partial charge in [-0.1, -0.05) is 268 Å². The molecule has 0 fully saturated rings. The minimum atomic E-state index is 0.691. The lowest BCUT2D eigenvalue weighted by molar-refractivity contribution is 0.103. The summed E-state index contributed by atoms with van der Waals surface area (Å²) in [5.41, 5.74) is 11.3. The summed E-state index contributed by atoms with van der Waals surface area (Å²) in [4.78, 5) is 2.74. The smallest absolute Gasteiger partial charge is 0.160 e. The van der Waals surface area contributed by atoms with Crippen molar-refractivity contribution < 1.29 is 37.9 Å². The lowest BCUT2D eigenvalue weighted by Gasteiger charge is -2.08. The van der Waals surface area contributed by atoms with Crippen LogP contribution in [0.25, 0.3) is 11.1 Å². The Morgan fingerprint density at radius 3 is 0.755 bits per heavy atom. The van der Waals surface area contributed by atoms with Crippen LogP contribution >= 0.6 is 70.6 Å². The lowest BCUT2D eigenvalue weighted by atomic mass is 9.97. The maximum Gasteiger partial charge on any atom is 0.160 e. The number of rotatable bonds is 37. The third-order valence-corrected chi connectivity index (χ3v) is 19.7. The Balaban J connectivity index is -0.000000202. The number of aryl methyl sites for hydroxylation is 6. The van der Waals surface area contributed by atoms with Gasteiger partial charge in [0.25, 0.3) is 0 Å². The molecule has 0 amide bonds. The first-order valence-corrected chi connectivity index (χ1v) is 47.1. The van der Waals surface area contributed by atoms with E-state index in [2.05, 4.69) is 251 Å². The largest absolute Gasteiger partial charge is 0.493 e. The van der Waals surface area contributed by atoms with Gasteiger partial charge in [-0.15, -0.1) is 23.5 Å². The Kier molecular flexibility index (Phi) is 111. The van der Waals surface area contributed by atoms with E-state index in [4.69, 9.17) is 28.4 Å². The van der Waals surface area contributed by atoms with Crippen molar-refractivity contribution in [1.82, 2.24) is 0 Å². The highest BCUT2D eigenvalue weighted by Crippen LogP contribution is 2.28. The molecule has 0 unspecified atom stereocenters. The second-order valence-electron chi connectivity index (χ2n) is 23.8. The quantitative estimate of drug-likeness (QED) is 0.0274. The molecule has 8 nitrogen and oxygen atoms in total. The van der Waals surface area contributed by atoms with Gasteiger partial charge in [-0.25, -0.2) is 0 Å². The van der Waals surface area contributed by atoms with Crippen LogP contribution in [-0.4, -0.2) is 157 Å². The van der Waals surface area contributed by atoms with Crippen molar-refractivity contribution >= 4 is 70.6 Å². The second-order valence-corrected chi connectivity index (χ2v) is 29.4. The van der Waals surface area contributed by atoms with E-state index in [0.29, 0.717) is 13.2 Å². The van der Waals surface area contributed by atoms with Crippen molar-refractivity contribution in [3.05, 3.63) is 179 Å². The molecule has 0 radical (unpaired) electrons. The Bertz CT molecular complexity index is 2150. The zero-order valence-electron chi connectivity index (χ0n) is 72.8. The fraction of sp³-hybridized carbons (Fsp3) is 0.609. The maximum atomic E-state index is 5.01. The SMILES string of the molecule is CCCCCC.CCCCCCC.CCCCCOC.CCCCOC.CCc1ccccc1CC.CCc1ccccc1CC.COCCCOC.COCCOC.COc1ccccc1OC.CSCCCSC.CSCCSC.CSc1ccccc1SC.Cc1ccccc1-c1ccccc1C. The van der Waals surface area contributed by atoms with E-state index in [-0.39, 0.29) is 0 Å². The van der Waals surface area contributed by atoms with Crippen molar-refractivity contribution in [1.29, 1.82) is 0 Å². The normalized spacial score (nSPS) is 9.49. The number of thioether (sulfide) groups is 6. The third-order valence-electron chi connectivity index (χ3n) is 15.1. The summed E-state index contributed by atoms with van der Waals surface area (Å²) in [7, 11) is 13.4. The van der Waals surface area contributed by atoms with Crippen LogP contribution in [-0.2, 0) is 54.1 Å². The zero-order chi connectivity index (χ0) is 81.0. The van der Waals surface area contributed by atoms with Crippen molar-refractivity contribution in [3.63, 3.8) is 0 Å². The molecule has 0 atom stereocenters. The maximum absolute atomic E-state index is 5.01. The Morgan fingerprint density at radius 1 is 0.245 bits per heavy atom. The highest BCUT2D eigenvalue weighted by Gasteiger charge is 2.03. The van der Waals surface area contributed by atoms with Gasteiger partial charge in [0.15, 0.2) is 11.5 Å². The van der Waals surface area contributed by atoms with Gasteiger partial charge in [-0.3, -0.25) is 0 Å². The number of hydrogen-bond donors (Lipinski definition) is 0. The minimum Gasteiger partial charge on any atom is -0.493 e. The Hall–Kier alpha value is -3.22. The molecule has 0 saturated carbocycles. The number of benzene rings is 6. The molecule has 0 spiro atoms. The summed E-state index contributed by atoms with van der Waals surface area (Å²) in [5, 5.41) is 0. The summed E-state index contributed by atoms with van der Waals surface area (Å²) in [6.45, 7) is 31.2. The molecule has 0 aliphatic carbocycles. The summed E-state index contributed by atoms with van der Waals surface area (Å²) in [6.07, 6.45) is 38.5. The van der Waals surface area contributed by atoms with Crippen molar-refractivity contribution in [2.24, 2.45) is 0 Å². The molecule has 6 rings (SSSR count). The molecular weight excluding hydrogens is 1430 g/mol. The second kappa shape index (κ2) is 102. The van der Waals surface area contributed by atoms with Crippen LogP contribution in [0.4, 0.5) is 0 Å². The van der Waals surface area contributed by atoms with Gasteiger partial charge in [0.1, 0.15) is 0 Å². The number of hydrogen-bond acceptors (Lipinski definition) is 14. The molecule has 0 bridgehead atoms. The molecule has 106 heavy (non-hydrogen) atoms. The van der Waals surface area contributed by atoms with Gasteiger partial charge in [-0.05, 0) is 183 Å². The zero-order valence-corrected chi connectivity index (χ0v) is 77.7.